The third-order valence-corrected chi connectivity index (χ3v) is 3.31. The van der Waals surface area contributed by atoms with E-state index < -0.39 is 0 Å². The minimum Gasteiger partial charge on any atom is -0.330 e. The summed E-state index contributed by atoms with van der Waals surface area (Å²) in [4.78, 5) is 2.41. The number of hydrogen-bond acceptors (Lipinski definition) is 2. The maximum atomic E-state index is 5.57. The molecule has 1 rings (SSSR count). The first-order valence-electron chi connectivity index (χ1n) is 6.56. The number of benzene rings is 1. The molecule has 2 N–H and O–H groups in total. The molecular formula is C15H26N2. The van der Waals surface area contributed by atoms with Gasteiger partial charge in [0.2, 0.25) is 0 Å². The van der Waals surface area contributed by atoms with Crippen LogP contribution >= 0.6 is 0 Å². The van der Waals surface area contributed by atoms with Crippen LogP contribution < -0.4 is 5.73 Å². The lowest BCUT2D eigenvalue weighted by Gasteiger charge is -2.21. The Kier molecular flexibility index (Phi) is 6.23. The molecule has 0 aromatic heterocycles. The van der Waals surface area contributed by atoms with Crippen LogP contribution in [0.5, 0.6) is 0 Å². The fraction of sp³-hybridized carbons (Fsp3) is 0.600. The summed E-state index contributed by atoms with van der Waals surface area (Å²) >= 11 is 0. The van der Waals surface area contributed by atoms with E-state index in [2.05, 4.69) is 50.1 Å². The third-order valence-electron chi connectivity index (χ3n) is 3.31. The molecule has 0 fully saturated rings. The molecule has 2 heteroatoms. The predicted molar refractivity (Wildman–Crippen MR) is 75.2 cm³/mol. The van der Waals surface area contributed by atoms with Gasteiger partial charge in [0.15, 0.2) is 0 Å². The Labute approximate surface area is 106 Å². The lowest BCUT2D eigenvalue weighted by Crippen LogP contribution is -2.27. The molecule has 1 unspecified atom stereocenters. The van der Waals surface area contributed by atoms with Gasteiger partial charge in [-0.05, 0) is 50.4 Å². The van der Waals surface area contributed by atoms with E-state index in [4.69, 9.17) is 5.73 Å². The van der Waals surface area contributed by atoms with Crippen LogP contribution in [0.25, 0.3) is 0 Å². The zero-order chi connectivity index (χ0) is 12.7. The van der Waals surface area contributed by atoms with E-state index >= 15 is 0 Å². The first-order chi connectivity index (χ1) is 8.13. The van der Waals surface area contributed by atoms with E-state index in [1.807, 2.05) is 0 Å². The number of hydrogen-bond donors (Lipinski definition) is 1. The van der Waals surface area contributed by atoms with Crippen molar-refractivity contribution in [3.63, 3.8) is 0 Å². The monoisotopic (exact) mass is 234 g/mol. The molecule has 0 radical (unpaired) electrons. The molecule has 0 spiro atoms. The smallest absolute Gasteiger partial charge is 0.00190 e. The van der Waals surface area contributed by atoms with Gasteiger partial charge in [-0.1, -0.05) is 31.2 Å². The van der Waals surface area contributed by atoms with E-state index in [1.165, 1.54) is 11.1 Å². The van der Waals surface area contributed by atoms with Gasteiger partial charge in [-0.3, -0.25) is 0 Å². The summed E-state index contributed by atoms with van der Waals surface area (Å²) in [6, 6.07) is 8.64. The highest BCUT2D eigenvalue weighted by Crippen LogP contribution is 2.09. The number of likely N-dealkylation sites (N-methyl/N-ethyl adjacent to an activating group) is 1. The van der Waals surface area contributed by atoms with E-state index in [1.54, 1.807) is 0 Å². The van der Waals surface area contributed by atoms with Crippen LogP contribution in [0.4, 0.5) is 0 Å². The molecule has 17 heavy (non-hydrogen) atoms. The van der Waals surface area contributed by atoms with Gasteiger partial charge in [0.1, 0.15) is 0 Å². The summed E-state index contributed by atoms with van der Waals surface area (Å²) in [6.07, 6.45) is 2.26. The summed E-state index contributed by atoms with van der Waals surface area (Å²) in [5.41, 5.74) is 8.43. The normalized spacial score (nSPS) is 13.0. The average Bonchev–Trinajstić information content (AvgIpc) is 2.28. The molecule has 1 aromatic rings. The molecule has 96 valence electrons. The van der Waals surface area contributed by atoms with Crippen molar-refractivity contribution in [2.75, 3.05) is 26.7 Å². The van der Waals surface area contributed by atoms with Gasteiger partial charge in [0, 0.05) is 13.1 Å². The Morgan fingerprint density at radius 1 is 1.29 bits per heavy atom. The van der Waals surface area contributed by atoms with E-state index in [0.717, 1.165) is 32.5 Å². The van der Waals surface area contributed by atoms with Crippen LogP contribution in [-0.2, 0) is 6.42 Å². The van der Waals surface area contributed by atoms with Crippen LogP contribution in [0.2, 0.25) is 0 Å². The fourth-order valence-electron chi connectivity index (χ4n) is 2.20. The molecule has 2 nitrogen and oxygen atoms in total. The molecule has 0 aliphatic rings. The molecule has 0 aliphatic carbocycles. The first kappa shape index (κ1) is 14.2. The third kappa shape index (κ3) is 5.33. The second-order valence-electron chi connectivity index (χ2n) is 5.12. The van der Waals surface area contributed by atoms with Crippen LogP contribution in [0.15, 0.2) is 24.3 Å². The van der Waals surface area contributed by atoms with Crippen molar-refractivity contribution < 1.29 is 0 Å². The molecule has 1 atom stereocenters. The van der Waals surface area contributed by atoms with Gasteiger partial charge >= 0.3 is 0 Å². The second-order valence-corrected chi connectivity index (χ2v) is 5.12. The molecule has 0 saturated carbocycles. The SMILES string of the molecule is Cc1ccccc1CCN(C)CC(C)CCN. The highest BCUT2D eigenvalue weighted by molar-refractivity contribution is 5.25. The molecule has 0 aliphatic heterocycles. The maximum Gasteiger partial charge on any atom is 0.00190 e. The minimum atomic E-state index is 0.696. The quantitative estimate of drug-likeness (QED) is 0.785. The van der Waals surface area contributed by atoms with Gasteiger partial charge < -0.3 is 10.6 Å². The Morgan fingerprint density at radius 2 is 2.00 bits per heavy atom. The summed E-state index contributed by atoms with van der Waals surface area (Å²) < 4.78 is 0. The number of nitrogens with two attached hydrogens (primary N) is 1. The lowest BCUT2D eigenvalue weighted by atomic mass is 10.0. The minimum absolute atomic E-state index is 0.696. The van der Waals surface area contributed by atoms with Crippen LogP contribution in [0, 0.1) is 12.8 Å². The van der Waals surface area contributed by atoms with Crippen LogP contribution in [-0.4, -0.2) is 31.6 Å². The molecule has 0 bridgehead atoms. The van der Waals surface area contributed by atoms with Gasteiger partial charge in [0.25, 0.3) is 0 Å². The molecule has 0 saturated heterocycles. The topological polar surface area (TPSA) is 29.3 Å². The summed E-state index contributed by atoms with van der Waals surface area (Å²) in [7, 11) is 2.20. The van der Waals surface area contributed by atoms with Crippen LogP contribution in [0.3, 0.4) is 0 Å². The summed E-state index contributed by atoms with van der Waals surface area (Å²) in [5, 5.41) is 0. The number of nitrogens with zero attached hydrogens (tertiary/aromatic N) is 1. The summed E-state index contributed by atoms with van der Waals surface area (Å²) in [6.45, 7) is 7.53. The van der Waals surface area contributed by atoms with Crippen molar-refractivity contribution in [3.8, 4) is 0 Å². The van der Waals surface area contributed by atoms with Gasteiger partial charge in [-0.2, -0.15) is 0 Å². The van der Waals surface area contributed by atoms with Crippen molar-refractivity contribution in [1.29, 1.82) is 0 Å². The van der Waals surface area contributed by atoms with Crippen molar-refractivity contribution in [3.05, 3.63) is 35.4 Å². The fourth-order valence-corrected chi connectivity index (χ4v) is 2.20. The Balaban J connectivity index is 2.33. The van der Waals surface area contributed by atoms with E-state index in [9.17, 15) is 0 Å². The van der Waals surface area contributed by atoms with E-state index in [0.29, 0.717) is 5.92 Å². The molecule has 0 heterocycles. The second kappa shape index (κ2) is 7.46. The highest BCUT2D eigenvalue weighted by atomic mass is 15.1. The predicted octanol–water partition coefficient (Wildman–Crippen LogP) is 2.45. The Hall–Kier alpha value is -0.860. The Bertz CT molecular complexity index is 322. The zero-order valence-corrected chi connectivity index (χ0v) is 11.4. The van der Waals surface area contributed by atoms with Crippen molar-refractivity contribution in [2.24, 2.45) is 11.7 Å². The number of aryl methyl sites for hydroxylation is 1. The first-order valence-corrected chi connectivity index (χ1v) is 6.56. The summed E-state index contributed by atoms with van der Waals surface area (Å²) in [5.74, 6) is 0.696. The Morgan fingerprint density at radius 3 is 2.65 bits per heavy atom. The van der Waals surface area contributed by atoms with Crippen LogP contribution in [0.1, 0.15) is 24.5 Å². The number of rotatable bonds is 7. The molecule has 1 aromatic carbocycles. The zero-order valence-electron chi connectivity index (χ0n) is 11.4. The van der Waals surface area contributed by atoms with Gasteiger partial charge in [-0.25, -0.2) is 0 Å². The van der Waals surface area contributed by atoms with Crippen molar-refractivity contribution in [1.82, 2.24) is 4.90 Å². The largest absolute Gasteiger partial charge is 0.330 e. The standard InChI is InChI=1S/C15H26N2/c1-13(8-10-16)12-17(3)11-9-15-7-5-4-6-14(15)2/h4-7,13H,8-12,16H2,1-3H3. The van der Waals surface area contributed by atoms with Crippen molar-refractivity contribution >= 4 is 0 Å². The van der Waals surface area contributed by atoms with Gasteiger partial charge in [0.05, 0.1) is 0 Å². The molecular weight excluding hydrogens is 208 g/mol. The average molecular weight is 234 g/mol. The van der Waals surface area contributed by atoms with Crippen molar-refractivity contribution in [2.45, 2.75) is 26.7 Å². The highest BCUT2D eigenvalue weighted by Gasteiger charge is 2.06. The van der Waals surface area contributed by atoms with Gasteiger partial charge in [-0.15, -0.1) is 0 Å². The van der Waals surface area contributed by atoms with E-state index in [-0.39, 0.29) is 0 Å². The maximum absolute atomic E-state index is 5.57. The lowest BCUT2D eigenvalue weighted by molar-refractivity contribution is 0.283. The molecule has 0 amide bonds.